The van der Waals surface area contributed by atoms with E-state index in [0.29, 0.717) is 6.61 Å². The fourth-order valence-corrected chi connectivity index (χ4v) is 1.14. The first kappa shape index (κ1) is 11.3. The molecule has 0 radical (unpaired) electrons. The van der Waals surface area contributed by atoms with E-state index in [4.69, 9.17) is 4.74 Å². The highest BCUT2D eigenvalue weighted by atomic mass is 16.6. The summed E-state index contributed by atoms with van der Waals surface area (Å²) in [6, 6.07) is 5.85. The van der Waals surface area contributed by atoms with Gasteiger partial charge in [0.15, 0.2) is 5.78 Å². The summed E-state index contributed by atoms with van der Waals surface area (Å²) < 4.78 is 4.91. The molecular weight excluding hydrogens is 198 g/mol. The molecule has 0 saturated heterocycles. The molecule has 0 atom stereocenters. The predicted molar refractivity (Wildman–Crippen MR) is 53.9 cm³/mol. The maximum Gasteiger partial charge on any atom is 0.280 e. The number of nitrogens with zero attached hydrogens (tertiary/aromatic N) is 1. The van der Waals surface area contributed by atoms with Crippen molar-refractivity contribution in [1.29, 1.82) is 0 Å². The molecule has 5 nitrogen and oxygen atoms in total. The van der Waals surface area contributed by atoms with E-state index in [2.05, 4.69) is 0 Å². The molecule has 0 fully saturated rings. The summed E-state index contributed by atoms with van der Waals surface area (Å²) in [5.74, 6) is -0.371. The smallest absolute Gasteiger partial charge is 0.280 e. The summed E-state index contributed by atoms with van der Waals surface area (Å²) in [7, 11) is 0. The zero-order chi connectivity index (χ0) is 11.3. The van der Waals surface area contributed by atoms with Crippen molar-refractivity contribution >= 4 is 11.5 Å². The Morgan fingerprint density at radius 2 is 2.13 bits per heavy atom. The molecule has 0 spiro atoms. The number of carbonyl (C=O) groups is 1. The number of para-hydroxylation sites is 1. The van der Waals surface area contributed by atoms with Gasteiger partial charge in [-0.05, 0) is 13.0 Å². The molecule has 1 aromatic carbocycles. The first-order chi connectivity index (χ1) is 7.16. The van der Waals surface area contributed by atoms with E-state index < -0.39 is 4.92 Å². The molecule has 0 amide bonds. The third-order valence-electron chi connectivity index (χ3n) is 1.84. The van der Waals surface area contributed by atoms with Crippen molar-refractivity contribution in [2.75, 3.05) is 13.2 Å². The number of hydrogen-bond acceptors (Lipinski definition) is 4. The molecule has 0 aromatic heterocycles. The average molecular weight is 209 g/mol. The van der Waals surface area contributed by atoms with Crippen molar-refractivity contribution in [3.8, 4) is 0 Å². The van der Waals surface area contributed by atoms with Crippen LogP contribution in [0.3, 0.4) is 0 Å². The summed E-state index contributed by atoms with van der Waals surface area (Å²) in [6.45, 7) is 2.04. The van der Waals surface area contributed by atoms with Crippen LogP contribution in [0.2, 0.25) is 0 Å². The van der Waals surface area contributed by atoms with Crippen LogP contribution < -0.4 is 0 Å². The SMILES string of the molecule is CCOCC(=O)c1ccccc1[N+](=O)[O-]. The molecule has 0 saturated carbocycles. The molecule has 80 valence electrons. The minimum Gasteiger partial charge on any atom is -0.374 e. The second-order valence-corrected chi connectivity index (χ2v) is 2.83. The highest BCUT2D eigenvalue weighted by Gasteiger charge is 2.18. The van der Waals surface area contributed by atoms with Gasteiger partial charge in [-0.3, -0.25) is 14.9 Å². The quantitative estimate of drug-likeness (QED) is 0.421. The Labute approximate surface area is 86.8 Å². The Morgan fingerprint density at radius 3 is 2.73 bits per heavy atom. The van der Waals surface area contributed by atoms with E-state index in [-0.39, 0.29) is 23.6 Å². The van der Waals surface area contributed by atoms with Crippen LogP contribution in [0.4, 0.5) is 5.69 Å². The lowest BCUT2D eigenvalue weighted by atomic mass is 10.1. The van der Waals surface area contributed by atoms with Crippen LogP contribution in [0, 0.1) is 10.1 Å². The Bertz CT molecular complexity index is 375. The predicted octanol–water partition coefficient (Wildman–Crippen LogP) is 1.81. The van der Waals surface area contributed by atoms with Crippen molar-refractivity contribution in [2.45, 2.75) is 6.92 Å². The van der Waals surface area contributed by atoms with Gasteiger partial charge in [0.25, 0.3) is 5.69 Å². The largest absolute Gasteiger partial charge is 0.374 e. The summed E-state index contributed by atoms with van der Waals surface area (Å²) in [4.78, 5) is 21.5. The Kier molecular flexibility index (Phi) is 3.93. The summed E-state index contributed by atoms with van der Waals surface area (Å²) >= 11 is 0. The standard InChI is InChI=1S/C10H11NO4/c1-2-15-7-10(12)8-5-3-4-6-9(8)11(13)14/h3-6H,2,7H2,1H3. The van der Waals surface area contributed by atoms with Gasteiger partial charge in [0, 0.05) is 12.7 Å². The number of ketones is 1. The summed E-state index contributed by atoms with van der Waals surface area (Å²) in [5, 5.41) is 10.6. The van der Waals surface area contributed by atoms with E-state index in [1.807, 2.05) is 0 Å². The van der Waals surface area contributed by atoms with Crippen LogP contribution in [0.25, 0.3) is 0 Å². The maximum atomic E-state index is 11.5. The van der Waals surface area contributed by atoms with Gasteiger partial charge in [0.1, 0.15) is 6.61 Å². The molecule has 0 N–H and O–H groups in total. The number of rotatable bonds is 5. The monoisotopic (exact) mass is 209 g/mol. The van der Waals surface area contributed by atoms with Crippen LogP contribution in [0.5, 0.6) is 0 Å². The topological polar surface area (TPSA) is 69.4 Å². The Morgan fingerprint density at radius 1 is 1.47 bits per heavy atom. The number of benzene rings is 1. The molecule has 15 heavy (non-hydrogen) atoms. The van der Waals surface area contributed by atoms with Crippen molar-refractivity contribution in [3.05, 3.63) is 39.9 Å². The number of nitro benzene ring substituents is 1. The van der Waals surface area contributed by atoms with Crippen LogP contribution in [-0.4, -0.2) is 23.9 Å². The molecule has 1 rings (SSSR count). The lowest BCUT2D eigenvalue weighted by molar-refractivity contribution is -0.385. The molecule has 0 unspecified atom stereocenters. The highest BCUT2D eigenvalue weighted by Crippen LogP contribution is 2.17. The second-order valence-electron chi connectivity index (χ2n) is 2.83. The van der Waals surface area contributed by atoms with Crippen LogP contribution in [0.15, 0.2) is 24.3 Å². The zero-order valence-electron chi connectivity index (χ0n) is 8.30. The molecule has 0 heterocycles. The highest BCUT2D eigenvalue weighted by molar-refractivity contribution is 6.00. The Balaban J connectivity index is 2.92. The van der Waals surface area contributed by atoms with Gasteiger partial charge in [0.2, 0.25) is 0 Å². The molecule has 5 heteroatoms. The van der Waals surface area contributed by atoms with Crippen LogP contribution in [0.1, 0.15) is 17.3 Å². The Hall–Kier alpha value is -1.75. The average Bonchev–Trinajstić information content (AvgIpc) is 2.25. The fraction of sp³-hybridized carbons (Fsp3) is 0.300. The van der Waals surface area contributed by atoms with Crippen LogP contribution >= 0.6 is 0 Å². The minimum atomic E-state index is -0.570. The van der Waals surface area contributed by atoms with Crippen molar-refractivity contribution in [1.82, 2.24) is 0 Å². The van der Waals surface area contributed by atoms with Gasteiger partial charge in [0.05, 0.1) is 10.5 Å². The van der Waals surface area contributed by atoms with E-state index in [1.165, 1.54) is 18.2 Å². The number of Topliss-reactive ketones (excluding diaryl/α,β-unsaturated/α-hetero) is 1. The van der Waals surface area contributed by atoms with Crippen LogP contribution in [-0.2, 0) is 4.74 Å². The molecule has 0 bridgehead atoms. The number of ether oxygens (including phenoxy) is 1. The maximum absolute atomic E-state index is 11.5. The van der Waals surface area contributed by atoms with Crippen molar-refractivity contribution in [2.24, 2.45) is 0 Å². The zero-order valence-corrected chi connectivity index (χ0v) is 8.30. The molecule has 0 aliphatic rings. The van der Waals surface area contributed by atoms with E-state index in [0.717, 1.165) is 0 Å². The minimum absolute atomic E-state index is 0.0935. The molecule has 1 aromatic rings. The third-order valence-corrected chi connectivity index (χ3v) is 1.84. The normalized spacial score (nSPS) is 9.93. The number of carbonyl (C=O) groups excluding carboxylic acids is 1. The van der Waals surface area contributed by atoms with Crippen molar-refractivity contribution < 1.29 is 14.5 Å². The number of hydrogen-bond donors (Lipinski definition) is 0. The second kappa shape index (κ2) is 5.21. The van der Waals surface area contributed by atoms with Gasteiger partial charge in [-0.2, -0.15) is 0 Å². The first-order valence-electron chi connectivity index (χ1n) is 4.51. The third kappa shape index (κ3) is 2.85. The van der Waals surface area contributed by atoms with Gasteiger partial charge in [-0.15, -0.1) is 0 Å². The van der Waals surface area contributed by atoms with E-state index in [9.17, 15) is 14.9 Å². The lowest BCUT2D eigenvalue weighted by Crippen LogP contribution is -2.11. The molecular formula is C10H11NO4. The van der Waals surface area contributed by atoms with Gasteiger partial charge in [-0.1, -0.05) is 12.1 Å². The van der Waals surface area contributed by atoms with Gasteiger partial charge >= 0.3 is 0 Å². The van der Waals surface area contributed by atoms with E-state index >= 15 is 0 Å². The van der Waals surface area contributed by atoms with E-state index in [1.54, 1.807) is 13.0 Å². The van der Waals surface area contributed by atoms with Gasteiger partial charge < -0.3 is 4.74 Å². The number of nitro groups is 1. The summed E-state index contributed by atoms with van der Waals surface area (Å²) in [5.41, 5.74) is -0.0850. The molecule has 0 aliphatic heterocycles. The first-order valence-corrected chi connectivity index (χ1v) is 4.51. The lowest BCUT2D eigenvalue weighted by Gasteiger charge is -2.01. The van der Waals surface area contributed by atoms with Crippen molar-refractivity contribution in [3.63, 3.8) is 0 Å². The summed E-state index contributed by atoms with van der Waals surface area (Å²) in [6.07, 6.45) is 0. The van der Waals surface area contributed by atoms with Gasteiger partial charge in [-0.25, -0.2) is 0 Å². The fourth-order valence-electron chi connectivity index (χ4n) is 1.14. The molecule has 0 aliphatic carbocycles.